The van der Waals surface area contributed by atoms with Crippen LogP contribution in [-0.2, 0) is 9.53 Å². The van der Waals surface area contributed by atoms with Gasteiger partial charge in [-0.15, -0.1) is 0 Å². The van der Waals surface area contributed by atoms with Crippen LogP contribution in [0.25, 0.3) is 0 Å². The number of amides is 1. The second-order valence-corrected chi connectivity index (χ2v) is 4.32. The van der Waals surface area contributed by atoms with E-state index >= 15 is 0 Å². The third kappa shape index (κ3) is 2.03. The number of hydrogen-bond donors (Lipinski definition) is 0. The van der Waals surface area contributed by atoms with Crippen molar-refractivity contribution in [3.05, 3.63) is 23.8 Å². The number of rotatable bonds is 2. The van der Waals surface area contributed by atoms with Crippen molar-refractivity contribution in [2.24, 2.45) is 0 Å². The van der Waals surface area contributed by atoms with E-state index in [4.69, 9.17) is 4.74 Å². The smallest absolute Gasteiger partial charge is 0.337 e. The first kappa shape index (κ1) is 12.4. The van der Waals surface area contributed by atoms with Crippen molar-refractivity contribution in [2.75, 3.05) is 18.6 Å². The predicted molar refractivity (Wildman–Crippen MR) is 65.9 cm³/mol. The molecule has 1 aliphatic rings. The highest BCUT2D eigenvalue weighted by Crippen LogP contribution is 2.34. The van der Waals surface area contributed by atoms with Gasteiger partial charge in [0.25, 0.3) is 5.91 Å². The Morgan fingerprint density at radius 2 is 2.17 bits per heavy atom. The van der Waals surface area contributed by atoms with Crippen LogP contribution in [0.3, 0.4) is 0 Å². The summed E-state index contributed by atoms with van der Waals surface area (Å²) >= 11 is 0. The maximum Gasteiger partial charge on any atom is 0.337 e. The molecule has 0 aliphatic carbocycles. The lowest BCUT2D eigenvalue weighted by atomic mass is 10.1. The number of carbonyl (C=O) groups is 2. The summed E-state index contributed by atoms with van der Waals surface area (Å²) in [7, 11) is 1.32. The Morgan fingerprint density at radius 1 is 1.44 bits per heavy atom. The van der Waals surface area contributed by atoms with Crippen LogP contribution in [0, 0.1) is 0 Å². The molecule has 5 heteroatoms. The van der Waals surface area contributed by atoms with Crippen molar-refractivity contribution < 1.29 is 19.1 Å². The van der Waals surface area contributed by atoms with Crippen molar-refractivity contribution in [3.63, 3.8) is 0 Å². The number of esters is 1. The first-order valence-electron chi connectivity index (χ1n) is 5.72. The number of fused-ring (bicyclic) bond motifs is 1. The molecule has 1 amide bonds. The Morgan fingerprint density at radius 3 is 2.78 bits per heavy atom. The van der Waals surface area contributed by atoms with Gasteiger partial charge in [0, 0.05) is 6.04 Å². The van der Waals surface area contributed by atoms with Crippen LogP contribution in [-0.4, -0.2) is 31.6 Å². The van der Waals surface area contributed by atoms with Crippen LogP contribution in [0.2, 0.25) is 0 Å². The van der Waals surface area contributed by atoms with Gasteiger partial charge in [-0.1, -0.05) is 0 Å². The fourth-order valence-corrected chi connectivity index (χ4v) is 1.98. The molecule has 1 heterocycles. The molecule has 0 radical (unpaired) electrons. The molecule has 96 valence electrons. The van der Waals surface area contributed by atoms with E-state index in [0.29, 0.717) is 17.0 Å². The average molecular weight is 249 g/mol. The van der Waals surface area contributed by atoms with E-state index in [0.717, 1.165) is 0 Å². The molecule has 0 saturated heterocycles. The van der Waals surface area contributed by atoms with E-state index in [9.17, 15) is 9.59 Å². The lowest BCUT2D eigenvalue weighted by Crippen LogP contribution is -2.43. The van der Waals surface area contributed by atoms with Gasteiger partial charge in [0.05, 0.1) is 18.4 Å². The molecule has 18 heavy (non-hydrogen) atoms. The van der Waals surface area contributed by atoms with E-state index in [1.54, 1.807) is 23.1 Å². The topological polar surface area (TPSA) is 55.8 Å². The highest BCUT2D eigenvalue weighted by atomic mass is 16.5. The maximum atomic E-state index is 11.8. The molecule has 5 nitrogen and oxygen atoms in total. The van der Waals surface area contributed by atoms with Crippen LogP contribution < -0.4 is 9.64 Å². The minimum absolute atomic E-state index is 0.00745. The molecule has 2 rings (SSSR count). The minimum atomic E-state index is -0.431. The zero-order chi connectivity index (χ0) is 13.3. The predicted octanol–water partition coefficient (Wildman–Crippen LogP) is 1.61. The van der Waals surface area contributed by atoms with Gasteiger partial charge in [0.15, 0.2) is 6.61 Å². The van der Waals surface area contributed by atoms with Gasteiger partial charge < -0.3 is 14.4 Å². The number of hydrogen-bond acceptors (Lipinski definition) is 4. The van der Waals surface area contributed by atoms with Gasteiger partial charge >= 0.3 is 5.97 Å². The second kappa shape index (κ2) is 4.68. The monoisotopic (exact) mass is 249 g/mol. The average Bonchev–Trinajstić information content (AvgIpc) is 2.36. The summed E-state index contributed by atoms with van der Waals surface area (Å²) in [5, 5.41) is 0. The first-order valence-corrected chi connectivity index (χ1v) is 5.72. The van der Waals surface area contributed by atoms with Crippen molar-refractivity contribution in [3.8, 4) is 5.75 Å². The summed E-state index contributed by atoms with van der Waals surface area (Å²) < 4.78 is 10.0. The van der Waals surface area contributed by atoms with Gasteiger partial charge in [0.2, 0.25) is 0 Å². The molecule has 0 spiro atoms. The fraction of sp³-hybridized carbons (Fsp3) is 0.385. The molecule has 0 atom stereocenters. The largest absolute Gasteiger partial charge is 0.482 e. The highest BCUT2D eigenvalue weighted by molar-refractivity contribution is 6.00. The zero-order valence-corrected chi connectivity index (χ0v) is 10.6. The van der Waals surface area contributed by atoms with Gasteiger partial charge in [-0.3, -0.25) is 4.79 Å². The van der Waals surface area contributed by atoms with E-state index in [2.05, 4.69) is 4.74 Å². The molecule has 1 aromatic rings. The Kier molecular flexibility index (Phi) is 3.23. The van der Waals surface area contributed by atoms with Crippen LogP contribution in [0.4, 0.5) is 5.69 Å². The molecule has 0 fully saturated rings. The van der Waals surface area contributed by atoms with E-state index < -0.39 is 5.97 Å². The van der Waals surface area contributed by atoms with Gasteiger partial charge in [-0.05, 0) is 32.0 Å². The Bertz CT molecular complexity index is 496. The summed E-state index contributed by atoms with van der Waals surface area (Å²) in [5.41, 5.74) is 1.02. The fourth-order valence-electron chi connectivity index (χ4n) is 1.98. The molecule has 0 N–H and O–H groups in total. The van der Waals surface area contributed by atoms with Gasteiger partial charge in [0.1, 0.15) is 5.75 Å². The van der Waals surface area contributed by atoms with Gasteiger partial charge in [-0.25, -0.2) is 4.79 Å². The molecular formula is C13H15NO4. The lowest BCUT2D eigenvalue weighted by Gasteiger charge is -2.32. The Labute approximate surface area is 105 Å². The number of carbonyl (C=O) groups excluding carboxylic acids is 2. The van der Waals surface area contributed by atoms with Crippen molar-refractivity contribution >= 4 is 17.6 Å². The number of methoxy groups -OCH3 is 1. The van der Waals surface area contributed by atoms with E-state index in [-0.39, 0.29) is 18.6 Å². The highest BCUT2D eigenvalue weighted by Gasteiger charge is 2.28. The molecule has 0 bridgehead atoms. The standard InChI is InChI=1S/C13H15NO4/c1-8(2)14-10-6-9(13(16)17-3)4-5-11(10)18-7-12(14)15/h4-6,8H,7H2,1-3H3. The molecule has 0 saturated carbocycles. The summed E-state index contributed by atoms with van der Waals surface area (Å²) in [6.07, 6.45) is 0. The van der Waals surface area contributed by atoms with Crippen LogP contribution in [0.5, 0.6) is 5.75 Å². The van der Waals surface area contributed by atoms with Crippen molar-refractivity contribution in [1.82, 2.24) is 0 Å². The summed E-state index contributed by atoms with van der Waals surface area (Å²) in [6, 6.07) is 4.94. The normalized spacial score (nSPS) is 14.2. The quantitative estimate of drug-likeness (QED) is 0.747. The summed E-state index contributed by atoms with van der Waals surface area (Å²) in [5.74, 6) is 0.0648. The van der Waals surface area contributed by atoms with Crippen LogP contribution >= 0.6 is 0 Å². The second-order valence-electron chi connectivity index (χ2n) is 4.32. The van der Waals surface area contributed by atoms with Crippen LogP contribution in [0.15, 0.2) is 18.2 Å². The minimum Gasteiger partial charge on any atom is -0.482 e. The molecule has 1 aromatic carbocycles. The SMILES string of the molecule is COC(=O)c1ccc2c(c1)N(C(C)C)C(=O)CO2. The lowest BCUT2D eigenvalue weighted by molar-refractivity contribution is -0.121. The zero-order valence-electron chi connectivity index (χ0n) is 10.6. The first-order chi connectivity index (χ1) is 8.54. The molecular weight excluding hydrogens is 234 g/mol. The Balaban J connectivity index is 2.48. The van der Waals surface area contributed by atoms with Gasteiger partial charge in [-0.2, -0.15) is 0 Å². The van der Waals surface area contributed by atoms with Crippen molar-refractivity contribution in [1.29, 1.82) is 0 Å². The summed E-state index contributed by atoms with van der Waals surface area (Å²) in [4.78, 5) is 25.0. The number of benzene rings is 1. The molecule has 1 aliphatic heterocycles. The van der Waals surface area contributed by atoms with E-state index in [1.807, 2.05) is 13.8 Å². The number of ether oxygens (including phenoxy) is 2. The molecule has 0 unspecified atom stereocenters. The third-order valence-electron chi connectivity index (χ3n) is 2.78. The Hall–Kier alpha value is -2.04. The number of nitrogens with zero attached hydrogens (tertiary/aromatic N) is 1. The third-order valence-corrected chi connectivity index (χ3v) is 2.78. The molecule has 0 aromatic heterocycles. The van der Waals surface area contributed by atoms with Crippen molar-refractivity contribution in [2.45, 2.75) is 19.9 Å². The van der Waals surface area contributed by atoms with E-state index in [1.165, 1.54) is 7.11 Å². The summed E-state index contributed by atoms with van der Waals surface area (Å²) in [6.45, 7) is 3.86. The maximum absolute atomic E-state index is 11.8. The van der Waals surface area contributed by atoms with Crippen LogP contribution in [0.1, 0.15) is 24.2 Å². The number of anilines is 1.